The van der Waals surface area contributed by atoms with Crippen molar-refractivity contribution in [3.8, 4) is 0 Å². The van der Waals surface area contributed by atoms with Crippen LogP contribution in [0.25, 0.3) is 0 Å². The molecule has 3 rings (SSSR count). The molecule has 1 saturated carbocycles. The number of likely N-dealkylation sites (tertiary alicyclic amines) is 1. The van der Waals surface area contributed by atoms with Crippen LogP contribution in [0.2, 0.25) is 0 Å². The third-order valence-corrected chi connectivity index (χ3v) is 5.61. The highest BCUT2D eigenvalue weighted by Gasteiger charge is 2.47. The first-order valence-electron chi connectivity index (χ1n) is 7.02. The third-order valence-electron chi connectivity index (χ3n) is 5.08. The number of fused-ring (bicyclic) bond motifs is 1. The summed E-state index contributed by atoms with van der Waals surface area (Å²) in [5, 5.41) is 0. The van der Waals surface area contributed by atoms with E-state index in [-0.39, 0.29) is 0 Å². The van der Waals surface area contributed by atoms with Gasteiger partial charge in [0.1, 0.15) is 0 Å². The van der Waals surface area contributed by atoms with Crippen LogP contribution in [0.5, 0.6) is 0 Å². The molecule has 0 unspecified atom stereocenters. The van der Waals surface area contributed by atoms with Gasteiger partial charge in [0, 0.05) is 17.6 Å². The van der Waals surface area contributed by atoms with Crippen molar-refractivity contribution in [1.29, 1.82) is 0 Å². The van der Waals surface area contributed by atoms with E-state index in [0.717, 1.165) is 11.8 Å². The van der Waals surface area contributed by atoms with Crippen molar-refractivity contribution in [3.05, 3.63) is 34.3 Å². The Bertz CT molecular complexity index is 427. The molecule has 3 atom stereocenters. The van der Waals surface area contributed by atoms with Crippen molar-refractivity contribution in [2.45, 2.75) is 32.1 Å². The molecule has 2 aliphatic rings. The number of benzene rings is 1. The summed E-state index contributed by atoms with van der Waals surface area (Å²) in [5.41, 5.74) is 2.09. The predicted octanol–water partition coefficient (Wildman–Crippen LogP) is 4.28. The third kappa shape index (κ3) is 2.14. The fraction of sp³-hybridized carbons (Fsp3) is 0.625. The van der Waals surface area contributed by atoms with Crippen molar-refractivity contribution in [2.24, 2.45) is 11.3 Å². The van der Waals surface area contributed by atoms with E-state index in [1.54, 1.807) is 5.56 Å². The SMILES string of the molecule is CN1C[C@H]2[C@H](c3ccc(Br)cc3)CCC[C@@]2(C)C1. The first kappa shape index (κ1) is 12.7. The number of rotatable bonds is 1. The Hall–Kier alpha value is -0.340. The Morgan fingerprint density at radius 3 is 2.72 bits per heavy atom. The molecule has 2 heteroatoms. The summed E-state index contributed by atoms with van der Waals surface area (Å²) in [6, 6.07) is 9.03. The van der Waals surface area contributed by atoms with E-state index in [2.05, 4.69) is 59.1 Å². The molecule has 0 amide bonds. The molecule has 1 aromatic rings. The van der Waals surface area contributed by atoms with Crippen molar-refractivity contribution < 1.29 is 0 Å². The molecule has 1 aliphatic heterocycles. The molecule has 2 fully saturated rings. The van der Waals surface area contributed by atoms with Gasteiger partial charge in [-0.25, -0.2) is 0 Å². The second-order valence-electron chi connectivity index (χ2n) is 6.51. The second-order valence-corrected chi connectivity index (χ2v) is 7.42. The molecule has 98 valence electrons. The van der Waals surface area contributed by atoms with Gasteiger partial charge >= 0.3 is 0 Å². The van der Waals surface area contributed by atoms with Crippen LogP contribution in [0.15, 0.2) is 28.7 Å². The normalized spacial score (nSPS) is 36.6. The van der Waals surface area contributed by atoms with E-state index in [9.17, 15) is 0 Å². The molecule has 0 N–H and O–H groups in total. The van der Waals surface area contributed by atoms with Gasteiger partial charge in [-0.15, -0.1) is 0 Å². The molecule has 0 aromatic heterocycles. The highest BCUT2D eigenvalue weighted by Crippen LogP contribution is 2.52. The molecule has 0 spiro atoms. The first-order valence-corrected chi connectivity index (χ1v) is 7.82. The monoisotopic (exact) mass is 307 g/mol. The standard InChI is InChI=1S/C16H22BrN/c1-16-9-3-4-14(15(16)10-18(2)11-16)12-5-7-13(17)8-6-12/h5-8,14-15H,3-4,9-11H2,1-2H3/t14-,15-,16-/m0/s1. The number of hydrogen-bond donors (Lipinski definition) is 0. The van der Waals surface area contributed by atoms with Gasteiger partial charge in [-0.3, -0.25) is 0 Å². The van der Waals surface area contributed by atoms with Crippen molar-refractivity contribution >= 4 is 15.9 Å². The Kier molecular flexibility index (Phi) is 3.27. The summed E-state index contributed by atoms with van der Waals surface area (Å²) < 4.78 is 1.19. The van der Waals surface area contributed by atoms with Crippen LogP contribution in [-0.2, 0) is 0 Å². The summed E-state index contributed by atoms with van der Waals surface area (Å²) in [7, 11) is 2.28. The highest BCUT2D eigenvalue weighted by atomic mass is 79.9. The Balaban J connectivity index is 1.90. The summed E-state index contributed by atoms with van der Waals surface area (Å²) in [5.74, 6) is 1.61. The van der Waals surface area contributed by atoms with Gasteiger partial charge < -0.3 is 4.90 Å². The molecule has 1 aromatic carbocycles. The van der Waals surface area contributed by atoms with Gasteiger partial charge in [-0.1, -0.05) is 41.4 Å². The van der Waals surface area contributed by atoms with E-state index in [1.165, 1.54) is 36.8 Å². The van der Waals surface area contributed by atoms with E-state index >= 15 is 0 Å². The van der Waals surface area contributed by atoms with Gasteiger partial charge in [-0.2, -0.15) is 0 Å². The lowest BCUT2D eigenvalue weighted by molar-refractivity contribution is 0.147. The minimum Gasteiger partial charge on any atom is -0.305 e. The zero-order valence-corrected chi connectivity index (χ0v) is 12.9. The highest BCUT2D eigenvalue weighted by molar-refractivity contribution is 9.10. The fourth-order valence-electron chi connectivity index (χ4n) is 4.27. The minimum absolute atomic E-state index is 0.546. The van der Waals surface area contributed by atoms with Crippen molar-refractivity contribution in [2.75, 3.05) is 20.1 Å². The van der Waals surface area contributed by atoms with Crippen LogP contribution >= 0.6 is 15.9 Å². The van der Waals surface area contributed by atoms with E-state index in [0.29, 0.717) is 5.41 Å². The van der Waals surface area contributed by atoms with Gasteiger partial charge in [-0.05, 0) is 54.8 Å². The van der Waals surface area contributed by atoms with E-state index in [4.69, 9.17) is 0 Å². The summed E-state index contributed by atoms with van der Waals surface area (Å²) in [6.45, 7) is 5.06. The molecule has 1 nitrogen and oxygen atoms in total. The smallest absolute Gasteiger partial charge is 0.0175 e. The second kappa shape index (κ2) is 4.64. The van der Waals surface area contributed by atoms with Crippen molar-refractivity contribution in [3.63, 3.8) is 0 Å². The zero-order chi connectivity index (χ0) is 12.8. The van der Waals surface area contributed by atoms with Crippen LogP contribution in [-0.4, -0.2) is 25.0 Å². The van der Waals surface area contributed by atoms with E-state index < -0.39 is 0 Å². The maximum Gasteiger partial charge on any atom is 0.0175 e. The molecule has 1 heterocycles. The number of halogens is 1. The molecular formula is C16H22BrN. The topological polar surface area (TPSA) is 3.24 Å². The molecule has 0 radical (unpaired) electrons. The predicted molar refractivity (Wildman–Crippen MR) is 79.8 cm³/mol. The molecule has 1 saturated heterocycles. The van der Waals surface area contributed by atoms with Crippen LogP contribution in [0.3, 0.4) is 0 Å². The maximum atomic E-state index is 3.54. The Morgan fingerprint density at radius 1 is 1.28 bits per heavy atom. The molecule has 0 bridgehead atoms. The van der Waals surface area contributed by atoms with Crippen LogP contribution in [0, 0.1) is 11.3 Å². The van der Waals surface area contributed by atoms with Gasteiger partial charge in [0.05, 0.1) is 0 Å². The summed E-state index contributed by atoms with van der Waals surface area (Å²) >= 11 is 3.54. The lowest BCUT2D eigenvalue weighted by Gasteiger charge is -2.41. The average Bonchev–Trinajstić information content (AvgIpc) is 2.64. The molecule has 1 aliphatic carbocycles. The Labute approximate surface area is 119 Å². The van der Waals surface area contributed by atoms with E-state index in [1.807, 2.05) is 0 Å². The van der Waals surface area contributed by atoms with Crippen molar-refractivity contribution in [1.82, 2.24) is 4.90 Å². The zero-order valence-electron chi connectivity index (χ0n) is 11.3. The lowest BCUT2D eigenvalue weighted by Crippen LogP contribution is -2.34. The van der Waals surface area contributed by atoms with Crippen LogP contribution in [0.1, 0.15) is 37.7 Å². The summed E-state index contributed by atoms with van der Waals surface area (Å²) in [4.78, 5) is 2.53. The maximum absolute atomic E-state index is 3.54. The summed E-state index contributed by atoms with van der Waals surface area (Å²) in [6.07, 6.45) is 4.17. The molecule has 18 heavy (non-hydrogen) atoms. The number of hydrogen-bond acceptors (Lipinski definition) is 1. The fourth-order valence-corrected chi connectivity index (χ4v) is 4.53. The molecular weight excluding hydrogens is 286 g/mol. The van der Waals surface area contributed by atoms with Gasteiger partial charge in [0.25, 0.3) is 0 Å². The average molecular weight is 308 g/mol. The minimum atomic E-state index is 0.546. The quantitative estimate of drug-likeness (QED) is 0.748. The largest absolute Gasteiger partial charge is 0.305 e. The lowest BCUT2D eigenvalue weighted by atomic mass is 9.63. The number of nitrogens with zero attached hydrogens (tertiary/aromatic N) is 1. The van der Waals surface area contributed by atoms with Crippen LogP contribution in [0.4, 0.5) is 0 Å². The first-order chi connectivity index (χ1) is 8.58. The van der Waals surface area contributed by atoms with Gasteiger partial charge in [0.2, 0.25) is 0 Å². The van der Waals surface area contributed by atoms with Crippen LogP contribution < -0.4 is 0 Å². The van der Waals surface area contributed by atoms with Gasteiger partial charge in [0.15, 0.2) is 0 Å². The Morgan fingerprint density at radius 2 is 2.00 bits per heavy atom.